The molecule has 0 amide bonds. The first-order chi connectivity index (χ1) is 34.1. The largest absolute Gasteiger partial charge is 0.452 e. The minimum atomic E-state index is -1.84. The highest BCUT2D eigenvalue weighted by Gasteiger charge is 2.62. The maximum absolute atomic E-state index is 14.3. The summed E-state index contributed by atoms with van der Waals surface area (Å²) >= 11 is 0. The Labute approximate surface area is 401 Å². The molecule has 8 rings (SSSR count). The Bertz CT molecular complexity index is 2520. The summed E-state index contributed by atoms with van der Waals surface area (Å²) in [6, 6.07) is 47.2. The Hall–Kier alpha value is -8.02. The van der Waals surface area contributed by atoms with Gasteiger partial charge in [0.1, 0.15) is 12.2 Å². The number of carbonyl (C=O) groups is 6. The van der Waals surface area contributed by atoms with Crippen LogP contribution in [0.5, 0.6) is 0 Å². The van der Waals surface area contributed by atoms with E-state index in [9.17, 15) is 28.8 Å². The van der Waals surface area contributed by atoms with Gasteiger partial charge in [-0.15, -0.1) is 0 Å². The molecule has 0 N–H and O–H groups in total. The Kier molecular flexibility index (Phi) is 15.8. The number of hydrogen-bond acceptors (Lipinski definition) is 16. The number of hydrogen-bond donors (Lipinski definition) is 0. The van der Waals surface area contributed by atoms with Gasteiger partial charge in [0.2, 0.25) is 0 Å². The van der Waals surface area contributed by atoms with E-state index >= 15 is 0 Å². The van der Waals surface area contributed by atoms with E-state index in [0.29, 0.717) is 0 Å². The Morgan fingerprint density at radius 2 is 0.471 bits per heavy atom. The highest BCUT2D eigenvalue weighted by atomic mass is 16.8. The van der Waals surface area contributed by atoms with E-state index < -0.39 is 97.2 Å². The zero-order valence-corrected chi connectivity index (χ0v) is 37.6. The van der Waals surface area contributed by atoms with Gasteiger partial charge in [0.25, 0.3) is 0 Å². The van der Waals surface area contributed by atoms with Gasteiger partial charge in [0.15, 0.2) is 49.2 Å². The summed E-state index contributed by atoms with van der Waals surface area (Å²) in [6.07, 6.45) is -17.4. The van der Waals surface area contributed by atoms with Crippen molar-refractivity contribution in [3.8, 4) is 0 Å². The second-order valence-corrected chi connectivity index (χ2v) is 15.8. The van der Waals surface area contributed by atoms with Crippen molar-refractivity contribution < 1.29 is 76.1 Å². The maximum Gasteiger partial charge on any atom is 0.338 e. The molecule has 0 spiro atoms. The summed E-state index contributed by atoms with van der Waals surface area (Å²) in [6.45, 7) is 0. The fourth-order valence-electron chi connectivity index (χ4n) is 7.96. The monoisotopic (exact) mass is 950 g/mol. The molecular weight excluding hydrogens is 905 g/mol. The highest BCUT2D eigenvalue weighted by Crippen LogP contribution is 2.39. The average Bonchev–Trinajstić information content (AvgIpc) is 3.41. The SMILES string of the molecule is CO[C@@H]1O[C@H]([C@H]2O[C@@H](OC)[C@@H](OC(=O)c3ccccc3)[C@@H](OC(=O)c3ccccc3)[C@@H]2OC(=O)c2ccccc2)[C@@H](OC(=O)c2ccccc2)[C@H](OC(=O)c2ccccc2)[C@@H]1OC(=O)c1ccccc1. The van der Waals surface area contributed by atoms with Crippen LogP contribution in [0.25, 0.3) is 0 Å². The van der Waals surface area contributed by atoms with Crippen molar-refractivity contribution in [2.75, 3.05) is 14.2 Å². The quantitative estimate of drug-likeness (QED) is 0.0748. The molecule has 16 heteroatoms. The number of carbonyl (C=O) groups excluding carboxylic acids is 6. The third kappa shape index (κ3) is 11.3. The lowest BCUT2D eigenvalue weighted by Crippen LogP contribution is -2.71. The third-order valence-corrected chi connectivity index (χ3v) is 11.4. The van der Waals surface area contributed by atoms with Crippen LogP contribution < -0.4 is 0 Å². The van der Waals surface area contributed by atoms with Crippen LogP contribution in [0.2, 0.25) is 0 Å². The second-order valence-electron chi connectivity index (χ2n) is 15.8. The summed E-state index contributed by atoms with van der Waals surface area (Å²) in [5, 5.41) is 0. The van der Waals surface area contributed by atoms with E-state index in [1.54, 1.807) is 109 Å². The lowest BCUT2D eigenvalue weighted by atomic mass is 9.87. The molecule has 358 valence electrons. The lowest BCUT2D eigenvalue weighted by Gasteiger charge is -2.51. The van der Waals surface area contributed by atoms with Crippen molar-refractivity contribution in [2.24, 2.45) is 0 Å². The van der Waals surface area contributed by atoms with Crippen LogP contribution >= 0.6 is 0 Å². The number of rotatable bonds is 15. The van der Waals surface area contributed by atoms with Crippen molar-refractivity contribution in [3.63, 3.8) is 0 Å². The minimum absolute atomic E-state index is 0.0509. The fraction of sp³-hybridized carbons (Fsp3) is 0.222. The van der Waals surface area contributed by atoms with Crippen LogP contribution in [0.1, 0.15) is 62.1 Å². The van der Waals surface area contributed by atoms with Crippen molar-refractivity contribution in [1.82, 2.24) is 0 Å². The zero-order chi connectivity index (χ0) is 49.0. The van der Waals surface area contributed by atoms with Crippen LogP contribution in [-0.2, 0) is 47.4 Å². The lowest BCUT2D eigenvalue weighted by molar-refractivity contribution is -0.349. The average molecular weight is 951 g/mol. The van der Waals surface area contributed by atoms with E-state index in [4.69, 9.17) is 47.4 Å². The fourth-order valence-corrected chi connectivity index (χ4v) is 7.96. The number of methoxy groups -OCH3 is 2. The van der Waals surface area contributed by atoms with Gasteiger partial charge in [-0.2, -0.15) is 0 Å². The van der Waals surface area contributed by atoms with Crippen LogP contribution in [0.3, 0.4) is 0 Å². The molecule has 0 aromatic heterocycles. The van der Waals surface area contributed by atoms with Gasteiger partial charge >= 0.3 is 35.8 Å². The first kappa shape index (κ1) is 48.4. The number of esters is 6. The molecule has 2 heterocycles. The molecule has 0 saturated carbocycles. The summed E-state index contributed by atoms with van der Waals surface area (Å²) in [5.74, 6) is -5.55. The van der Waals surface area contributed by atoms with Gasteiger partial charge in [-0.25, -0.2) is 28.8 Å². The van der Waals surface area contributed by atoms with Gasteiger partial charge < -0.3 is 47.4 Å². The van der Waals surface area contributed by atoms with Crippen molar-refractivity contribution in [3.05, 3.63) is 215 Å². The van der Waals surface area contributed by atoms with E-state index in [-0.39, 0.29) is 33.4 Å². The smallest absolute Gasteiger partial charge is 0.338 e. The van der Waals surface area contributed by atoms with E-state index in [2.05, 4.69) is 0 Å². The molecule has 16 nitrogen and oxygen atoms in total. The van der Waals surface area contributed by atoms with Crippen molar-refractivity contribution in [2.45, 2.75) is 61.4 Å². The van der Waals surface area contributed by atoms with Crippen LogP contribution in [-0.4, -0.2) is 111 Å². The second kappa shape index (κ2) is 22.9. The van der Waals surface area contributed by atoms with Crippen LogP contribution in [0, 0.1) is 0 Å². The Morgan fingerprint density at radius 3 is 0.671 bits per heavy atom. The first-order valence-corrected chi connectivity index (χ1v) is 22.1. The number of ether oxygens (including phenoxy) is 10. The Balaban J connectivity index is 1.29. The summed E-state index contributed by atoms with van der Waals surface area (Å²) in [5.41, 5.74) is 0.455. The molecule has 10 atom stereocenters. The molecule has 6 aromatic rings. The number of benzene rings is 6. The molecule has 0 radical (unpaired) electrons. The molecule has 2 fully saturated rings. The predicted octanol–water partition coefficient (Wildman–Crippen LogP) is 7.08. The molecule has 2 aliphatic heterocycles. The Morgan fingerprint density at radius 1 is 0.286 bits per heavy atom. The summed E-state index contributed by atoms with van der Waals surface area (Å²) in [4.78, 5) is 85.0. The predicted molar refractivity (Wildman–Crippen MR) is 245 cm³/mol. The summed E-state index contributed by atoms with van der Waals surface area (Å²) < 4.78 is 62.2. The maximum atomic E-state index is 14.3. The molecule has 0 unspecified atom stereocenters. The van der Waals surface area contributed by atoms with E-state index in [1.165, 1.54) is 87.0 Å². The topological polar surface area (TPSA) is 195 Å². The molecule has 0 bridgehead atoms. The van der Waals surface area contributed by atoms with Gasteiger partial charge in [-0.3, -0.25) is 0 Å². The third-order valence-electron chi connectivity index (χ3n) is 11.4. The van der Waals surface area contributed by atoms with Crippen molar-refractivity contribution in [1.29, 1.82) is 0 Å². The highest BCUT2D eigenvalue weighted by molar-refractivity contribution is 5.93. The van der Waals surface area contributed by atoms with Gasteiger partial charge in [-0.05, 0) is 72.8 Å². The molecule has 2 aliphatic rings. The standard InChI is InChI=1S/C54H46O16/c1-61-53-45(67-51(59)37-29-17-7-18-30-37)43(65-49(57)35-25-13-5-14-26-35)39(63-47(55)33-21-9-3-10-22-33)41(69-53)42-40(64-48(56)34-23-11-4-12-24-34)44(66-50(58)36-27-15-6-16-28-36)46(54(62-2)70-42)68-52(60)38-31-19-8-20-32-38/h3-32,39-46,53-54H,1-2H3/t39-,40-,41+,42+,43+,44+,45+,46+,53-,54-/m1/s1. The van der Waals surface area contributed by atoms with Crippen LogP contribution in [0.15, 0.2) is 182 Å². The molecular formula is C54H46O16. The summed E-state index contributed by atoms with van der Waals surface area (Å²) in [7, 11) is 2.46. The van der Waals surface area contributed by atoms with Gasteiger partial charge in [0.05, 0.1) is 33.4 Å². The molecule has 2 saturated heterocycles. The van der Waals surface area contributed by atoms with Crippen LogP contribution in [0.4, 0.5) is 0 Å². The normalized spacial score (nSPS) is 23.9. The minimum Gasteiger partial charge on any atom is -0.452 e. The molecule has 70 heavy (non-hydrogen) atoms. The van der Waals surface area contributed by atoms with E-state index in [1.807, 2.05) is 0 Å². The first-order valence-electron chi connectivity index (χ1n) is 22.1. The molecule has 6 aromatic carbocycles. The molecule has 0 aliphatic carbocycles. The van der Waals surface area contributed by atoms with Gasteiger partial charge in [-0.1, -0.05) is 109 Å². The van der Waals surface area contributed by atoms with Gasteiger partial charge in [0, 0.05) is 14.2 Å². The van der Waals surface area contributed by atoms with Crippen molar-refractivity contribution >= 4 is 35.8 Å². The van der Waals surface area contributed by atoms with E-state index in [0.717, 1.165) is 0 Å². The zero-order valence-electron chi connectivity index (χ0n) is 37.6.